The number of nitrogens with one attached hydrogen (secondary N) is 1. The lowest BCUT2D eigenvalue weighted by molar-refractivity contribution is 0.498. The van der Waals surface area contributed by atoms with E-state index >= 15 is 0 Å². The molecule has 1 aromatic rings. The molecule has 1 aliphatic heterocycles. The number of nitrogens with zero attached hydrogens (tertiary/aromatic N) is 1. The van der Waals surface area contributed by atoms with Gasteiger partial charge in [0.05, 0.1) is 0 Å². The van der Waals surface area contributed by atoms with E-state index in [0.717, 1.165) is 28.7 Å². The highest BCUT2D eigenvalue weighted by Crippen LogP contribution is 2.61. The summed E-state index contributed by atoms with van der Waals surface area (Å²) < 4.78 is 1.10. The maximum atomic E-state index is 4.43. The van der Waals surface area contributed by atoms with Gasteiger partial charge in [-0.05, 0) is 40.3 Å². The van der Waals surface area contributed by atoms with Crippen molar-refractivity contribution in [2.45, 2.75) is 25.7 Å². The Labute approximate surface area is 98.6 Å². The van der Waals surface area contributed by atoms with E-state index < -0.39 is 0 Å². The zero-order chi connectivity index (χ0) is 10.6. The van der Waals surface area contributed by atoms with Gasteiger partial charge in [0.25, 0.3) is 0 Å². The van der Waals surface area contributed by atoms with Crippen molar-refractivity contribution < 1.29 is 0 Å². The Morgan fingerprint density at radius 2 is 2.40 bits per heavy atom. The van der Waals surface area contributed by atoms with Gasteiger partial charge in [-0.1, -0.05) is 13.8 Å². The van der Waals surface area contributed by atoms with E-state index in [0.29, 0.717) is 5.41 Å². The maximum Gasteiger partial charge on any atom is 0.129 e. The average Bonchev–Trinajstić information content (AvgIpc) is 2.81. The van der Waals surface area contributed by atoms with Gasteiger partial charge in [-0.3, -0.25) is 0 Å². The summed E-state index contributed by atoms with van der Waals surface area (Å²) >= 11 is 3.51. The first-order valence-corrected chi connectivity index (χ1v) is 6.33. The molecule has 0 aromatic carbocycles. The lowest BCUT2D eigenvalue weighted by Crippen LogP contribution is -2.15. The van der Waals surface area contributed by atoms with Gasteiger partial charge in [0, 0.05) is 28.2 Å². The van der Waals surface area contributed by atoms with Crippen molar-refractivity contribution in [3.63, 3.8) is 0 Å². The fourth-order valence-corrected chi connectivity index (χ4v) is 3.35. The second-order valence-corrected chi connectivity index (χ2v) is 6.03. The molecule has 2 atom stereocenters. The van der Waals surface area contributed by atoms with Gasteiger partial charge in [-0.15, -0.1) is 0 Å². The van der Waals surface area contributed by atoms with Gasteiger partial charge in [-0.25, -0.2) is 4.98 Å². The lowest BCUT2D eigenvalue weighted by Gasteiger charge is -2.11. The maximum absolute atomic E-state index is 4.43. The first-order chi connectivity index (χ1) is 7.13. The minimum atomic E-state index is 0.403. The standard InChI is InChI=1S/C12H15BrN2/c1-7(2)10-4-12(10)6-15-11-9(12)3-8(13)5-14-11/h3,5,7,10H,4,6H2,1-2H3,(H,14,15)/t10?,12-/m0/s1. The highest BCUT2D eigenvalue weighted by Gasteiger charge is 2.59. The SMILES string of the molecule is CC(C)C1C[C@@]12CNc1ncc(Br)cc12. The van der Waals surface area contributed by atoms with E-state index in [1.807, 2.05) is 6.20 Å². The van der Waals surface area contributed by atoms with E-state index in [4.69, 9.17) is 0 Å². The fourth-order valence-electron chi connectivity index (χ4n) is 3.02. The van der Waals surface area contributed by atoms with Crippen molar-refractivity contribution in [2.24, 2.45) is 11.8 Å². The third kappa shape index (κ3) is 1.25. The van der Waals surface area contributed by atoms with Crippen molar-refractivity contribution in [3.05, 3.63) is 22.3 Å². The molecule has 2 nitrogen and oxygen atoms in total. The number of halogens is 1. The van der Waals surface area contributed by atoms with Crippen molar-refractivity contribution in [2.75, 3.05) is 11.9 Å². The molecule has 1 N–H and O–H groups in total. The normalized spacial score (nSPS) is 31.9. The third-order valence-corrected chi connectivity index (χ3v) is 4.33. The summed E-state index contributed by atoms with van der Waals surface area (Å²) in [7, 11) is 0. The number of hydrogen-bond acceptors (Lipinski definition) is 2. The number of pyridine rings is 1. The fraction of sp³-hybridized carbons (Fsp3) is 0.583. The minimum absolute atomic E-state index is 0.403. The van der Waals surface area contributed by atoms with Gasteiger partial charge >= 0.3 is 0 Å². The minimum Gasteiger partial charge on any atom is -0.369 e. The van der Waals surface area contributed by atoms with Crippen LogP contribution < -0.4 is 5.32 Å². The Bertz CT molecular complexity index is 416. The molecular formula is C12H15BrN2. The number of aromatic nitrogens is 1. The highest BCUT2D eigenvalue weighted by molar-refractivity contribution is 9.10. The van der Waals surface area contributed by atoms with E-state index in [1.54, 1.807) is 0 Å². The molecule has 15 heavy (non-hydrogen) atoms. The largest absolute Gasteiger partial charge is 0.369 e. The lowest BCUT2D eigenvalue weighted by atomic mass is 9.92. The first kappa shape index (κ1) is 9.64. The number of rotatable bonds is 1. The quantitative estimate of drug-likeness (QED) is 0.845. The first-order valence-electron chi connectivity index (χ1n) is 5.53. The Morgan fingerprint density at radius 3 is 3.07 bits per heavy atom. The number of fused-ring (bicyclic) bond motifs is 2. The van der Waals surface area contributed by atoms with Gasteiger partial charge < -0.3 is 5.32 Å². The van der Waals surface area contributed by atoms with Crippen molar-refractivity contribution in [3.8, 4) is 0 Å². The van der Waals surface area contributed by atoms with Gasteiger partial charge in [-0.2, -0.15) is 0 Å². The van der Waals surface area contributed by atoms with Crippen LogP contribution in [0.5, 0.6) is 0 Å². The van der Waals surface area contributed by atoms with Crippen LogP contribution in [0, 0.1) is 11.8 Å². The van der Waals surface area contributed by atoms with Gasteiger partial charge in [0.1, 0.15) is 5.82 Å². The molecule has 2 aliphatic rings. The van der Waals surface area contributed by atoms with Crippen molar-refractivity contribution >= 4 is 21.7 Å². The molecule has 3 heteroatoms. The molecular weight excluding hydrogens is 252 g/mol. The summed E-state index contributed by atoms with van der Waals surface area (Å²) in [6, 6.07) is 2.24. The Kier molecular flexibility index (Phi) is 1.91. The number of anilines is 1. The van der Waals surface area contributed by atoms with Crippen LogP contribution in [-0.2, 0) is 5.41 Å². The molecule has 2 heterocycles. The molecule has 80 valence electrons. The molecule has 0 bridgehead atoms. The zero-order valence-electron chi connectivity index (χ0n) is 9.05. The molecule has 1 saturated carbocycles. The van der Waals surface area contributed by atoms with Crippen molar-refractivity contribution in [1.29, 1.82) is 0 Å². The van der Waals surface area contributed by atoms with E-state index in [2.05, 4.69) is 46.1 Å². The summed E-state index contributed by atoms with van der Waals surface area (Å²) in [4.78, 5) is 4.43. The molecule has 0 saturated heterocycles. The third-order valence-electron chi connectivity index (χ3n) is 3.90. The molecule has 1 aliphatic carbocycles. The van der Waals surface area contributed by atoms with Crippen LogP contribution in [-0.4, -0.2) is 11.5 Å². The summed E-state index contributed by atoms with van der Waals surface area (Å²) in [5.41, 5.74) is 1.83. The monoisotopic (exact) mass is 266 g/mol. The van der Waals surface area contributed by atoms with Crippen LogP contribution in [0.15, 0.2) is 16.7 Å². The van der Waals surface area contributed by atoms with E-state index in [-0.39, 0.29) is 0 Å². The molecule has 1 unspecified atom stereocenters. The van der Waals surface area contributed by atoms with Crippen LogP contribution in [0.3, 0.4) is 0 Å². The zero-order valence-corrected chi connectivity index (χ0v) is 10.6. The van der Waals surface area contributed by atoms with Gasteiger partial charge in [0.2, 0.25) is 0 Å². The second-order valence-electron chi connectivity index (χ2n) is 5.11. The van der Waals surface area contributed by atoms with Crippen LogP contribution in [0.1, 0.15) is 25.8 Å². The Balaban J connectivity index is 2.02. The smallest absolute Gasteiger partial charge is 0.129 e. The number of hydrogen-bond donors (Lipinski definition) is 1. The predicted octanol–water partition coefficient (Wildman–Crippen LogP) is 3.18. The van der Waals surface area contributed by atoms with Crippen molar-refractivity contribution in [1.82, 2.24) is 4.98 Å². The molecule has 1 aromatic heterocycles. The molecule has 3 rings (SSSR count). The van der Waals surface area contributed by atoms with Crippen LogP contribution in [0.25, 0.3) is 0 Å². The molecule has 1 spiro atoms. The summed E-state index contributed by atoms with van der Waals surface area (Å²) in [5.74, 6) is 2.71. The Morgan fingerprint density at radius 1 is 1.60 bits per heavy atom. The summed E-state index contributed by atoms with van der Waals surface area (Å²) in [5, 5.41) is 3.43. The molecule has 0 amide bonds. The summed E-state index contributed by atoms with van der Waals surface area (Å²) in [6.07, 6.45) is 3.19. The van der Waals surface area contributed by atoms with Crippen LogP contribution >= 0.6 is 15.9 Å². The van der Waals surface area contributed by atoms with E-state index in [1.165, 1.54) is 12.0 Å². The summed E-state index contributed by atoms with van der Waals surface area (Å²) in [6.45, 7) is 5.72. The highest BCUT2D eigenvalue weighted by atomic mass is 79.9. The topological polar surface area (TPSA) is 24.9 Å². The van der Waals surface area contributed by atoms with Crippen LogP contribution in [0.4, 0.5) is 5.82 Å². The Hall–Kier alpha value is -0.570. The van der Waals surface area contributed by atoms with Crippen LogP contribution in [0.2, 0.25) is 0 Å². The second kappa shape index (κ2) is 2.97. The van der Waals surface area contributed by atoms with Gasteiger partial charge in [0.15, 0.2) is 0 Å². The van der Waals surface area contributed by atoms with E-state index in [9.17, 15) is 0 Å². The molecule has 0 radical (unpaired) electrons. The average molecular weight is 267 g/mol. The predicted molar refractivity (Wildman–Crippen MR) is 65.0 cm³/mol. The molecule has 1 fully saturated rings.